The maximum Gasteiger partial charge on any atom is 0.137 e. The highest BCUT2D eigenvalue weighted by Gasteiger charge is 2.20. The highest BCUT2D eigenvalue weighted by molar-refractivity contribution is 6.20. The Morgan fingerprint density at radius 1 is 0.241 bits per heavy atom. The molecule has 58 heavy (non-hydrogen) atoms. The molecule has 0 amide bonds. The lowest BCUT2D eigenvalue weighted by Gasteiger charge is -2.11. The number of fused-ring (bicyclic) bond motifs is 12. The Kier molecular flexibility index (Phi) is 6.41. The first-order chi connectivity index (χ1) is 28.7. The average molecular weight is 741 g/mol. The van der Waals surface area contributed by atoms with Crippen molar-refractivity contribution in [3.8, 4) is 33.6 Å². The molecular formula is C54H32N2O2. The first-order valence-electron chi connectivity index (χ1n) is 19.7. The molecule has 0 N–H and O–H groups in total. The molecule has 0 aliphatic heterocycles. The van der Waals surface area contributed by atoms with Gasteiger partial charge in [-0.05, 0) is 95.1 Å². The highest BCUT2D eigenvalue weighted by Crippen LogP contribution is 2.43. The van der Waals surface area contributed by atoms with Crippen LogP contribution in [0.2, 0.25) is 0 Å². The predicted molar refractivity (Wildman–Crippen MR) is 241 cm³/mol. The second-order valence-electron chi connectivity index (χ2n) is 15.3. The van der Waals surface area contributed by atoms with Gasteiger partial charge in [-0.15, -0.1) is 0 Å². The van der Waals surface area contributed by atoms with E-state index in [0.29, 0.717) is 0 Å². The van der Waals surface area contributed by atoms with Gasteiger partial charge in [0.05, 0.1) is 22.1 Å². The van der Waals surface area contributed by atoms with Gasteiger partial charge >= 0.3 is 0 Å². The fourth-order valence-corrected chi connectivity index (χ4v) is 9.42. The Bertz CT molecular complexity index is 3790. The third-order valence-corrected chi connectivity index (χ3v) is 12.1. The minimum atomic E-state index is 0.886. The van der Waals surface area contributed by atoms with Gasteiger partial charge in [0, 0.05) is 66.6 Å². The summed E-state index contributed by atoms with van der Waals surface area (Å²) in [4.78, 5) is 0. The van der Waals surface area contributed by atoms with E-state index in [1.54, 1.807) is 0 Å². The van der Waals surface area contributed by atoms with Gasteiger partial charge in [0.2, 0.25) is 0 Å². The van der Waals surface area contributed by atoms with Crippen molar-refractivity contribution in [1.29, 1.82) is 0 Å². The summed E-state index contributed by atoms with van der Waals surface area (Å²) >= 11 is 0. The van der Waals surface area contributed by atoms with Gasteiger partial charge in [-0.2, -0.15) is 0 Å². The maximum absolute atomic E-state index is 6.47. The molecule has 13 rings (SSSR count). The second kappa shape index (κ2) is 11.8. The first-order valence-corrected chi connectivity index (χ1v) is 19.7. The van der Waals surface area contributed by atoms with E-state index in [-0.39, 0.29) is 0 Å². The number of para-hydroxylation sites is 3. The van der Waals surface area contributed by atoms with Gasteiger partial charge in [0.25, 0.3) is 0 Å². The summed E-state index contributed by atoms with van der Waals surface area (Å²) in [5, 5.41) is 9.30. The molecule has 0 bridgehead atoms. The summed E-state index contributed by atoms with van der Waals surface area (Å²) in [6.45, 7) is 0. The predicted octanol–water partition coefficient (Wildman–Crippen LogP) is 15.0. The Balaban J connectivity index is 1.06. The quantitative estimate of drug-likeness (QED) is 0.180. The first kappa shape index (κ1) is 31.4. The van der Waals surface area contributed by atoms with Crippen LogP contribution in [0.4, 0.5) is 0 Å². The van der Waals surface area contributed by atoms with Crippen LogP contribution in [0.1, 0.15) is 0 Å². The largest absolute Gasteiger partial charge is 0.456 e. The minimum absolute atomic E-state index is 0.886. The zero-order valence-corrected chi connectivity index (χ0v) is 31.2. The third-order valence-electron chi connectivity index (χ3n) is 12.1. The molecule has 0 atom stereocenters. The molecule has 0 fully saturated rings. The summed E-state index contributed by atoms with van der Waals surface area (Å²) in [6.07, 6.45) is 0. The second-order valence-corrected chi connectivity index (χ2v) is 15.3. The molecule has 13 aromatic rings. The van der Waals surface area contributed by atoms with Crippen molar-refractivity contribution >= 4 is 87.5 Å². The smallest absolute Gasteiger partial charge is 0.137 e. The zero-order chi connectivity index (χ0) is 37.9. The van der Waals surface area contributed by atoms with E-state index in [1.807, 2.05) is 12.1 Å². The van der Waals surface area contributed by atoms with Gasteiger partial charge in [0.15, 0.2) is 0 Å². The average Bonchev–Trinajstić information content (AvgIpc) is 4.02. The Hall–Kier alpha value is -7.82. The van der Waals surface area contributed by atoms with E-state index in [4.69, 9.17) is 8.83 Å². The molecule has 0 spiro atoms. The van der Waals surface area contributed by atoms with Crippen molar-refractivity contribution in [2.75, 3.05) is 0 Å². The summed E-state index contributed by atoms with van der Waals surface area (Å²) < 4.78 is 17.6. The summed E-state index contributed by atoms with van der Waals surface area (Å²) in [5.41, 5.74) is 15.1. The molecule has 4 aromatic heterocycles. The number of hydrogen-bond donors (Lipinski definition) is 0. The van der Waals surface area contributed by atoms with Gasteiger partial charge in [-0.25, -0.2) is 0 Å². The number of nitrogens with zero attached hydrogens (tertiary/aromatic N) is 2. The minimum Gasteiger partial charge on any atom is -0.456 e. The fraction of sp³-hybridized carbons (Fsp3) is 0. The van der Waals surface area contributed by atoms with Crippen LogP contribution in [0.3, 0.4) is 0 Å². The number of rotatable bonds is 4. The molecule has 0 saturated carbocycles. The number of benzene rings is 9. The molecule has 4 nitrogen and oxygen atoms in total. The standard InChI is InChI=1S/C54H32N2O2/c1-3-12-33(13-4-1)34-14-11-17-38(26-34)56-48-25-23-36(28-42(48)44-30-46-40-19-8-10-21-52(40)58-54(46)32-50(44)56)35-22-24-47-41(27-35)43-29-45-39-18-7-9-20-51(39)57-53(45)31-49(43)55(47)37-15-5-2-6-16-37/h1-32H. The third kappa shape index (κ3) is 4.51. The molecule has 0 aliphatic carbocycles. The molecule has 0 radical (unpaired) electrons. The van der Waals surface area contributed by atoms with E-state index in [0.717, 1.165) is 77.3 Å². The van der Waals surface area contributed by atoms with Crippen LogP contribution >= 0.6 is 0 Å². The van der Waals surface area contributed by atoms with E-state index in [9.17, 15) is 0 Å². The zero-order valence-electron chi connectivity index (χ0n) is 31.2. The molecule has 0 aliphatic rings. The number of aromatic nitrogens is 2. The van der Waals surface area contributed by atoms with Crippen LogP contribution in [0, 0.1) is 0 Å². The van der Waals surface area contributed by atoms with Gasteiger partial charge in [-0.3, -0.25) is 0 Å². The molecule has 4 heterocycles. The molecule has 270 valence electrons. The van der Waals surface area contributed by atoms with Crippen molar-refractivity contribution in [3.63, 3.8) is 0 Å². The summed E-state index contributed by atoms with van der Waals surface area (Å²) in [5.74, 6) is 0. The topological polar surface area (TPSA) is 36.1 Å². The van der Waals surface area contributed by atoms with Crippen LogP contribution in [-0.2, 0) is 0 Å². The van der Waals surface area contributed by atoms with Crippen molar-refractivity contribution in [1.82, 2.24) is 9.13 Å². The monoisotopic (exact) mass is 740 g/mol. The number of hydrogen-bond acceptors (Lipinski definition) is 2. The summed E-state index contributed by atoms with van der Waals surface area (Å²) in [6, 6.07) is 69.7. The van der Waals surface area contributed by atoms with Crippen LogP contribution in [-0.4, -0.2) is 9.13 Å². The van der Waals surface area contributed by atoms with Crippen LogP contribution in [0.5, 0.6) is 0 Å². The lowest BCUT2D eigenvalue weighted by molar-refractivity contribution is 0.669. The number of furan rings is 2. The Morgan fingerprint density at radius 2 is 0.690 bits per heavy atom. The maximum atomic E-state index is 6.47. The van der Waals surface area contributed by atoms with Crippen LogP contribution in [0.15, 0.2) is 203 Å². The normalized spacial score (nSPS) is 12.1. The van der Waals surface area contributed by atoms with E-state index in [2.05, 4.69) is 191 Å². The van der Waals surface area contributed by atoms with Crippen LogP contribution in [0.25, 0.3) is 121 Å². The van der Waals surface area contributed by atoms with Gasteiger partial charge in [-0.1, -0.05) is 109 Å². The molecule has 0 unspecified atom stereocenters. The lowest BCUT2D eigenvalue weighted by atomic mass is 10.00. The van der Waals surface area contributed by atoms with E-state index < -0.39 is 0 Å². The molecule has 0 saturated heterocycles. The molecular weight excluding hydrogens is 709 g/mol. The highest BCUT2D eigenvalue weighted by atomic mass is 16.3. The molecule has 4 heteroatoms. The van der Waals surface area contributed by atoms with Crippen LogP contribution < -0.4 is 0 Å². The van der Waals surface area contributed by atoms with Gasteiger partial charge in [0.1, 0.15) is 22.3 Å². The SMILES string of the molecule is c1ccc(-c2cccc(-n3c4ccc(-c5ccc6c(c5)c5cc7c(cc5n6-c5ccccc5)oc5ccccc57)cc4c4cc5c(cc43)oc3ccccc35)c2)cc1. The molecule has 9 aromatic carbocycles. The van der Waals surface area contributed by atoms with Crippen molar-refractivity contribution in [2.45, 2.75) is 0 Å². The Labute approximate surface area is 332 Å². The Morgan fingerprint density at radius 3 is 1.28 bits per heavy atom. The van der Waals surface area contributed by atoms with E-state index in [1.165, 1.54) is 43.8 Å². The van der Waals surface area contributed by atoms with Crippen molar-refractivity contribution in [3.05, 3.63) is 194 Å². The van der Waals surface area contributed by atoms with Crippen molar-refractivity contribution in [2.24, 2.45) is 0 Å². The van der Waals surface area contributed by atoms with Gasteiger partial charge < -0.3 is 18.0 Å². The van der Waals surface area contributed by atoms with E-state index >= 15 is 0 Å². The lowest BCUT2D eigenvalue weighted by Crippen LogP contribution is -1.94. The fourth-order valence-electron chi connectivity index (χ4n) is 9.42. The van der Waals surface area contributed by atoms with Crippen molar-refractivity contribution < 1.29 is 8.83 Å². The summed E-state index contributed by atoms with van der Waals surface area (Å²) in [7, 11) is 0.